The minimum Gasteiger partial charge on any atom is -0.495 e. The molecule has 9 nitrogen and oxygen atoms in total. The zero-order valence-electron chi connectivity index (χ0n) is 19.1. The summed E-state index contributed by atoms with van der Waals surface area (Å²) in [6.45, 7) is 4.19. The molecular weight excluding hydrogens is 436 g/mol. The number of pyridine rings is 1. The van der Waals surface area contributed by atoms with Crippen LogP contribution in [0.3, 0.4) is 0 Å². The molecular formula is C25H26N4O5. The van der Waals surface area contributed by atoms with Crippen molar-refractivity contribution in [1.82, 2.24) is 15.2 Å². The van der Waals surface area contributed by atoms with Gasteiger partial charge in [0, 0.05) is 49.1 Å². The number of piperidine rings is 1. The van der Waals surface area contributed by atoms with Crippen LogP contribution in [0.5, 0.6) is 5.75 Å². The first-order valence-corrected chi connectivity index (χ1v) is 11.1. The summed E-state index contributed by atoms with van der Waals surface area (Å²) in [7, 11) is 1.44. The Morgan fingerprint density at radius 1 is 1.41 bits per heavy atom. The number of nitrogens with one attached hydrogen (secondary N) is 1. The number of carbonyl (C=O) groups is 1. The lowest BCUT2D eigenvalue weighted by Gasteiger charge is -2.33. The summed E-state index contributed by atoms with van der Waals surface area (Å²) in [5.41, 5.74) is 3.90. The number of hydrogen-bond acceptors (Lipinski definition) is 8. The van der Waals surface area contributed by atoms with Crippen molar-refractivity contribution in [2.24, 2.45) is 0 Å². The van der Waals surface area contributed by atoms with Gasteiger partial charge < -0.3 is 24.8 Å². The molecule has 3 heterocycles. The number of carbonyl (C=O) groups excluding carboxylic acids is 2. The summed E-state index contributed by atoms with van der Waals surface area (Å²) in [6.07, 6.45) is 2.16. The lowest BCUT2D eigenvalue weighted by atomic mass is 9.94. The standard InChI is InChI=1S/C25H26N4O5/c1-15-18(3-4-19-20(15)14-34-24(19)13-30)22(31)12-29-7-5-17(6-8-29)28-25(32)21-9-23(33-2)16(10-26)11-27-21/h3-4,9,11,17,22,31H,5-8,12,14H2,1-2H3,(H,28,32)/t22-/m0/s1. The van der Waals surface area contributed by atoms with Gasteiger partial charge in [-0.25, -0.2) is 9.78 Å². The second-order valence-corrected chi connectivity index (χ2v) is 8.47. The maximum Gasteiger partial charge on any atom is 0.270 e. The third-order valence-electron chi connectivity index (χ3n) is 6.49. The van der Waals surface area contributed by atoms with Gasteiger partial charge in [0.1, 0.15) is 29.7 Å². The molecule has 176 valence electrons. The number of hydrogen-bond donors (Lipinski definition) is 2. The van der Waals surface area contributed by atoms with Crippen molar-refractivity contribution < 1.29 is 24.2 Å². The van der Waals surface area contributed by atoms with Crippen LogP contribution >= 0.6 is 0 Å². The van der Waals surface area contributed by atoms with Gasteiger partial charge in [-0.1, -0.05) is 6.07 Å². The van der Waals surface area contributed by atoms with Crippen molar-refractivity contribution in [3.63, 3.8) is 0 Å². The first-order chi connectivity index (χ1) is 16.4. The quantitative estimate of drug-likeness (QED) is 0.624. The van der Waals surface area contributed by atoms with Crippen LogP contribution in [0.15, 0.2) is 24.4 Å². The van der Waals surface area contributed by atoms with E-state index in [0.717, 1.165) is 48.2 Å². The Labute approximate surface area is 197 Å². The van der Waals surface area contributed by atoms with Gasteiger partial charge in [-0.2, -0.15) is 5.26 Å². The average Bonchev–Trinajstić information content (AvgIpc) is 3.29. The highest BCUT2D eigenvalue weighted by Gasteiger charge is 2.27. The number of β-amino-alcohol motifs (C(OH)–C–C–N with tert-alkyl or cyclic N) is 1. The Hall–Kier alpha value is -3.70. The largest absolute Gasteiger partial charge is 0.495 e. The molecule has 2 N–H and O–H groups in total. The number of rotatable bonds is 6. The van der Waals surface area contributed by atoms with Gasteiger partial charge in [0.15, 0.2) is 5.94 Å². The molecule has 1 amide bonds. The summed E-state index contributed by atoms with van der Waals surface area (Å²) in [5.74, 6) is 2.05. The molecule has 34 heavy (non-hydrogen) atoms. The number of likely N-dealkylation sites (tertiary alicyclic amines) is 1. The Morgan fingerprint density at radius 3 is 2.85 bits per heavy atom. The number of benzene rings is 1. The second-order valence-electron chi connectivity index (χ2n) is 8.47. The maximum atomic E-state index is 12.6. The molecule has 2 aromatic rings. The number of methoxy groups -OCH3 is 1. The van der Waals surface area contributed by atoms with Crippen molar-refractivity contribution in [2.75, 3.05) is 26.7 Å². The molecule has 0 spiro atoms. The number of aromatic nitrogens is 1. The van der Waals surface area contributed by atoms with Crippen LogP contribution < -0.4 is 10.1 Å². The molecule has 1 atom stereocenters. The third-order valence-corrected chi connectivity index (χ3v) is 6.49. The molecule has 0 aliphatic carbocycles. The summed E-state index contributed by atoms with van der Waals surface area (Å²) < 4.78 is 10.5. The van der Waals surface area contributed by atoms with Crippen LogP contribution in [0.1, 0.15) is 57.3 Å². The van der Waals surface area contributed by atoms with Crippen molar-refractivity contribution in [2.45, 2.75) is 38.5 Å². The lowest BCUT2D eigenvalue weighted by molar-refractivity contribution is 0.0822. The zero-order valence-corrected chi connectivity index (χ0v) is 19.1. The predicted octanol–water partition coefficient (Wildman–Crippen LogP) is 1.90. The normalized spacial score (nSPS) is 16.7. The number of aliphatic hydroxyl groups excluding tert-OH is 1. The molecule has 9 heteroatoms. The minimum atomic E-state index is -0.670. The van der Waals surface area contributed by atoms with Gasteiger partial charge in [-0.05, 0) is 37.0 Å². The first-order valence-electron chi connectivity index (χ1n) is 11.1. The fraction of sp³-hybridized carbons (Fsp3) is 0.400. The third kappa shape index (κ3) is 4.66. The van der Waals surface area contributed by atoms with Crippen LogP contribution in [-0.2, 0) is 16.1 Å². The molecule has 0 unspecified atom stereocenters. The highest BCUT2D eigenvalue weighted by atomic mass is 16.5. The van der Waals surface area contributed by atoms with E-state index in [1.165, 1.54) is 19.4 Å². The van der Waals surface area contributed by atoms with Gasteiger partial charge in [0.25, 0.3) is 5.91 Å². The first kappa shape index (κ1) is 23.5. The highest BCUT2D eigenvalue weighted by Crippen LogP contribution is 2.34. The zero-order chi connectivity index (χ0) is 24.2. The van der Waals surface area contributed by atoms with Gasteiger partial charge in [-0.3, -0.25) is 4.79 Å². The van der Waals surface area contributed by atoms with E-state index < -0.39 is 6.10 Å². The van der Waals surface area contributed by atoms with E-state index >= 15 is 0 Å². The van der Waals surface area contributed by atoms with E-state index in [9.17, 15) is 14.7 Å². The van der Waals surface area contributed by atoms with E-state index in [0.29, 0.717) is 18.9 Å². The van der Waals surface area contributed by atoms with Crippen LogP contribution in [0.2, 0.25) is 0 Å². The summed E-state index contributed by atoms with van der Waals surface area (Å²) in [6, 6.07) is 7.10. The number of amides is 1. The predicted molar refractivity (Wildman–Crippen MR) is 122 cm³/mol. The van der Waals surface area contributed by atoms with E-state index in [2.05, 4.69) is 15.2 Å². The molecule has 1 saturated heterocycles. The van der Waals surface area contributed by atoms with E-state index in [-0.39, 0.29) is 29.0 Å². The Bertz CT molecular complexity index is 1190. The average molecular weight is 463 g/mol. The molecule has 0 radical (unpaired) electrons. The van der Waals surface area contributed by atoms with Crippen LogP contribution in [0.25, 0.3) is 5.76 Å². The van der Waals surface area contributed by atoms with Crippen LogP contribution in [0.4, 0.5) is 0 Å². The van der Waals surface area contributed by atoms with Crippen molar-refractivity contribution >= 4 is 17.6 Å². The summed E-state index contributed by atoms with van der Waals surface area (Å²) in [5, 5.41) is 22.9. The topological polar surface area (TPSA) is 125 Å². The number of aliphatic hydroxyl groups is 1. The molecule has 0 bridgehead atoms. The van der Waals surface area contributed by atoms with E-state index in [1.54, 1.807) is 0 Å². The van der Waals surface area contributed by atoms with Crippen molar-refractivity contribution in [3.05, 3.63) is 57.9 Å². The molecule has 4 rings (SSSR count). The number of nitrogens with zero attached hydrogens (tertiary/aromatic N) is 3. The fourth-order valence-corrected chi connectivity index (χ4v) is 4.52. The van der Waals surface area contributed by atoms with E-state index in [1.807, 2.05) is 31.1 Å². The molecule has 0 saturated carbocycles. The Kier molecular flexibility index (Phi) is 6.94. The highest BCUT2D eigenvalue weighted by molar-refractivity contribution is 5.93. The fourth-order valence-electron chi connectivity index (χ4n) is 4.52. The summed E-state index contributed by atoms with van der Waals surface area (Å²) in [4.78, 5) is 29.8. The molecule has 1 aromatic heterocycles. The maximum absolute atomic E-state index is 12.6. The smallest absolute Gasteiger partial charge is 0.270 e. The van der Waals surface area contributed by atoms with Crippen molar-refractivity contribution in [3.8, 4) is 11.8 Å². The van der Waals surface area contributed by atoms with E-state index in [4.69, 9.17) is 14.7 Å². The molecule has 2 aliphatic heterocycles. The SMILES string of the molecule is COc1cc(C(=O)NC2CCN(C[C@H](O)c3ccc4c(c3C)COC4=C=O)CC2)ncc1C#N. The van der Waals surface area contributed by atoms with Crippen LogP contribution in [-0.4, -0.2) is 59.6 Å². The number of nitriles is 1. The minimum absolute atomic E-state index is 0.00300. The lowest BCUT2D eigenvalue weighted by Crippen LogP contribution is -2.45. The van der Waals surface area contributed by atoms with Gasteiger partial charge in [0.2, 0.25) is 5.76 Å². The van der Waals surface area contributed by atoms with Crippen LogP contribution in [0, 0.1) is 18.3 Å². The Balaban J connectivity index is 1.32. The molecule has 1 fully saturated rings. The molecule has 2 aliphatic rings. The molecule has 1 aromatic carbocycles. The van der Waals surface area contributed by atoms with Gasteiger partial charge in [0.05, 0.1) is 13.2 Å². The Morgan fingerprint density at radius 2 is 2.18 bits per heavy atom. The van der Waals surface area contributed by atoms with Gasteiger partial charge >= 0.3 is 0 Å². The monoisotopic (exact) mass is 462 g/mol. The van der Waals surface area contributed by atoms with Gasteiger partial charge in [-0.15, -0.1) is 0 Å². The second kappa shape index (κ2) is 10.1. The summed E-state index contributed by atoms with van der Waals surface area (Å²) >= 11 is 0. The number of fused-ring (bicyclic) bond motifs is 1. The van der Waals surface area contributed by atoms with Crippen molar-refractivity contribution in [1.29, 1.82) is 5.26 Å². The number of ether oxygens (including phenoxy) is 2.